The van der Waals surface area contributed by atoms with Gasteiger partial charge in [0.25, 0.3) is 0 Å². The average molecular weight is 337 g/mol. The third-order valence-electron chi connectivity index (χ3n) is 1.85. The minimum atomic E-state index is -4.72. The Bertz CT molecular complexity index is 504. The standard InChI is InChI=1S/C12H8BrF3O3/c13-10(2-1-3-11(17)18)8-4-6-9(7-5-8)19-12(14,15)16/h1-7H,(H,17,18). The smallest absolute Gasteiger partial charge is 0.478 e. The molecular weight excluding hydrogens is 329 g/mol. The van der Waals surface area contributed by atoms with Crippen molar-refractivity contribution < 1.29 is 27.8 Å². The average Bonchev–Trinajstić information content (AvgIpc) is 2.27. The number of carbonyl (C=O) groups is 1. The molecule has 0 atom stereocenters. The molecule has 0 aliphatic rings. The Hall–Kier alpha value is -1.76. The highest BCUT2D eigenvalue weighted by Crippen LogP contribution is 2.26. The highest BCUT2D eigenvalue weighted by molar-refractivity contribution is 9.15. The molecule has 7 heteroatoms. The largest absolute Gasteiger partial charge is 0.573 e. The van der Waals surface area contributed by atoms with Crippen LogP contribution in [0.15, 0.2) is 42.5 Å². The number of halogens is 4. The fourth-order valence-electron chi connectivity index (χ4n) is 1.13. The van der Waals surface area contributed by atoms with Crippen LogP contribution in [0.5, 0.6) is 5.75 Å². The summed E-state index contributed by atoms with van der Waals surface area (Å²) in [5, 5.41) is 8.39. The van der Waals surface area contributed by atoms with Gasteiger partial charge in [-0.15, -0.1) is 13.2 Å². The van der Waals surface area contributed by atoms with Crippen molar-refractivity contribution in [3.05, 3.63) is 48.1 Å². The van der Waals surface area contributed by atoms with Gasteiger partial charge in [-0.2, -0.15) is 0 Å². The van der Waals surface area contributed by atoms with E-state index in [-0.39, 0.29) is 5.75 Å². The maximum absolute atomic E-state index is 11.9. The van der Waals surface area contributed by atoms with E-state index < -0.39 is 12.3 Å². The van der Waals surface area contributed by atoms with Gasteiger partial charge in [0.1, 0.15) is 5.75 Å². The van der Waals surface area contributed by atoms with Gasteiger partial charge in [0, 0.05) is 10.6 Å². The molecule has 0 heterocycles. The van der Waals surface area contributed by atoms with Gasteiger partial charge < -0.3 is 9.84 Å². The van der Waals surface area contributed by atoms with E-state index in [0.717, 1.165) is 6.08 Å². The Morgan fingerprint density at radius 2 is 1.84 bits per heavy atom. The SMILES string of the molecule is O=C(O)C=CC=C(Br)c1ccc(OC(F)(F)F)cc1. The van der Waals surface area contributed by atoms with Crippen LogP contribution in [-0.2, 0) is 4.79 Å². The number of hydrogen-bond donors (Lipinski definition) is 1. The van der Waals surface area contributed by atoms with Gasteiger partial charge in [0.15, 0.2) is 0 Å². The van der Waals surface area contributed by atoms with Crippen LogP contribution in [0.25, 0.3) is 4.48 Å². The summed E-state index contributed by atoms with van der Waals surface area (Å²) in [7, 11) is 0. The maximum Gasteiger partial charge on any atom is 0.573 e. The van der Waals surface area contributed by atoms with Crippen molar-refractivity contribution in [1.29, 1.82) is 0 Å². The number of alkyl halides is 3. The number of allylic oxidation sites excluding steroid dienone is 2. The van der Waals surface area contributed by atoms with E-state index in [0.29, 0.717) is 10.0 Å². The van der Waals surface area contributed by atoms with E-state index in [1.165, 1.54) is 36.4 Å². The van der Waals surface area contributed by atoms with Crippen LogP contribution < -0.4 is 4.74 Å². The van der Waals surface area contributed by atoms with Crippen molar-refractivity contribution in [3.8, 4) is 5.75 Å². The Labute approximate surface area is 115 Å². The molecule has 0 spiro atoms. The van der Waals surface area contributed by atoms with Crippen LogP contribution >= 0.6 is 15.9 Å². The number of benzene rings is 1. The van der Waals surface area contributed by atoms with Crippen molar-refractivity contribution in [2.75, 3.05) is 0 Å². The molecule has 3 nitrogen and oxygen atoms in total. The summed E-state index contributed by atoms with van der Waals surface area (Å²) < 4.78 is 40.1. The van der Waals surface area contributed by atoms with Crippen molar-refractivity contribution >= 4 is 26.4 Å². The molecule has 0 fully saturated rings. The lowest BCUT2D eigenvalue weighted by atomic mass is 10.2. The fraction of sp³-hybridized carbons (Fsp3) is 0.0833. The monoisotopic (exact) mass is 336 g/mol. The molecule has 1 N–H and O–H groups in total. The topological polar surface area (TPSA) is 46.5 Å². The molecule has 0 aliphatic heterocycles. The van der Waals surface area contributed by atoms with Crippen LogP contribution in [0.1, 0.15) is 5.56 Å². The number of hydrogen-bond acceptors (Lipinski definition) is 2. The third kappa shape index (κ3) is 6.10. The number of aliphatic carboxylic acids is 1. The lowest BCUT2D eigenvalue weighted by molar-refractivity contribution is -0.274. The molecule has 19 heavy (non-hydrogen) atoms. The Morgan fingerprint density at radius 3 is 2.32 bits per heavy atom. The van der Waals surface area contributed by atoms with E-state index in [9.17, 15) is 18.0 Å². The minimum Gasteiger partial charge on any atom is -0.478 e. The fourth-order valence-corrected chi connectivity index (χ4v) is 1.54. The molecular formula is C12H8BrF3O3. The lowest BCUT2D eigenvalue weighted by Gasteiger charge is -2.08. The molecule has 1 aromatic carbocycles. The van der Waals surface area contributed by atoms with Gasteiger partial charge in [-0.3, -0.25) is 0 Å². The number of ether oxygens (including phenoxy) is 1. The highest BCUT2D eigenvalue weighted by atomic mass is 79.9. The zero-order valence-corrected chi connectivity index (χ0v) is 10.9. The molecule has 1 aromatic rings. The second-order valence-corrected chi connectivity index (χ2v) is 4.14. The predicted molar refractivity (Wildman–Crippen MR) is 66.8 cm³/mol. The summed E-state index contributed by atoms with van der Waals surface area (Å²) in [6, 6.07) is 5.16. The van der Waals surface area contributed by atoms with Crippen molar-refractivity contribution in [3.63, 3.8) is 0 Å². The number of carboxylic acids is 1. The summed E-state index contributed by atoms with van der Waals surface area (Å²) >= 11 is 3.18. The van der Waals surface area contributed by atoms with E-state index in [1.54, 1.807) is 0 Å². The van der Waals surface area contributed by atoms with Crippen LogP contribution in [0.3, 0.4) is 0 Å². The van der Waals surface area contributed by atoms with E-state index in [2.05, 4.69) is 20.7 Å². The second kappa shape index (κ2) is 6.42. The van der Waals surface area contributed by atoms with Gasteiger partial charge in [-0.1, -0.05) is 34.1 Å². The van der Waals surface area contributed by atoms with E-state index in [4.69, 9.17) is 5.11 Å². The molecule has 0 bridgehead atoms. The summed E-state index contributed by atoms with van der Waals surface area (Å²) in [6.45, 7) is 0. The molecule has 1 rings (SSSR count). The quantitative estimate of drug-likeness (QED) is 0.668. The minimum absolute atomic E-state index is 0.322. The van der Waals surface area contributed by atoms with Crippen LogP contribution in [0.4, 0.5) is 13.2 Å². The predicted octanol–water partition coefficient (Wildman–Crippen LogP) is 3.96. The van der Waals surface area contributed by atoms with Crippen molar-refractivity contribution in [2.45, 2.75) is 6.36 Å². The summed E-state index contributed by atoms with van der Waals surface area (Å²) in [5.41, 5.74) is 0.588. The Kier molecular flexibility index (Phi) is 5.17. The first-order valence-electron chi connectivity index (χ1n) is 4.91. The first kappa shape index (κ1) is 15.3. The third-order valence-corrected chi connectivity index (χ3v) is 2.57. The van der Waals surface area contributed by atoms with Crippen LogP contribution in [-0.4, -0.2) is 17.4 Å². The highest BCUT2D eigenvalue weighted by Gasteiger charge is 2.30. The van der Waals surface area contributed by atoms with Crippen molar-refractivity contribution in [2.24, 2.45) is 0 Å². The van der Waals surface area contributed by atoms with Crippen LogP contribution in [0.2, 0.25) is 0 Å². The van der Waals surface area contributed by atoms with E-state index in [1.807, 2.05) is 0 Å². The first-order valence-corrected chi connectivity index (χ1v) is 5.70. The number of carboxylic acid groups (broad SMARTS) is 1. The molecule has 0 saturated carbocycles. The molecule has 102 valence electrons. The zero-order chi connectivity index (χ0) is 14.5. The summed E-state index contributed by atoms with van der Waals surface area (Å²) in [4.78, 5) is 10.2. The van der Waals surface area contributed by atoms with Crippen LogP contribution in [0, 0.1) is 0 Å². The molecule has 0 saturated heterocycles. The lowest BCUT2D eigenvalue weighted by Crippen LogP contribution is -2.16. The molecule has 0 radical (unpaired) electrons. The van der Waals surface area contributed by atoms with Gasteiger partial charge in [-0.05, 0) is 23.8 Å². The molecule has 0 aliphatic carbocycles. The first-order chi connectivity index (χ1) is 8.78. The Balaban J connectivity index is 2.78. The second-order valence-electron chi connectivity index (χ2n) is 3.28. The maximum atomic E-state index is 11.9. The molecule has 0 unspecified atom stereocenters. The van der Waals surface area contributed by atoms with Gasteiger partial charge in [-0.25, -0.2) is 4.79 Å². The summed E-state index contributed by atoms with van der Waals surface area (Å²) in [5.74, 6) is -1.41. The zero-order valence-electron chi connectivity index (χ0n) is 9.32. The van der Waals surface area contributed by atoms with Gasteiger partial charge in [0.2, 0.25) is 0 Å². The van der Waals surface area contributed by atoms with Gasteiger partial charge >= 0.3 is 12.3 Å². The van der Waals surface area contributed by atoms with Crippen molar-refractivity contribution in [1.82, 2.24) is 0 Å². The summed E-state index contributed by atoms with van der Waals surface area (Å²) in [6.07, 6.45) is -1.03. The van der Waals surface area contributed by atoms with Gasteiger partial charge in [0.05, 0.1) is 0 Å². The normalized spacial score (nSPS) is 12.7. The molecule has 0 amide bonds. The Morgan fingerprint density at radius 1 is 1.26 bits per heavy atom. The number of rotatable bonds is 4. The molecule has 0 aromatic heterocycles. The van der Waals surface area contributed by atoms with E-state index >= 15 is 0 Å².